The van der Waals surface area contributed by atoms with Crippen LogP contribution >= 0.6 is 15.9 Å². The number of furan rings is 1. The lowest BCUT2D eigenvalue weighted by molar-refractivity contribution is 0.0916. The van der Waals surface area contributed by atoms with Gasteiger partial charge in [-0.3, -0.25) is 9.78 Å². The van der Waals surface area contributed by atoms with Crippen molar-refractivity contribution in [2.45, 2.75) is 6.10 Å². The maximum absolute atomic E-state index is 12.0. The fraction of sp³-hybridized carbons (Fsp3) is 0.111. The lowest BCUT2D eigenvalue weighted by atomic mass is 10.1. The zero-order valence-corrected chi connectivity index (χ0v) is 14.2. The van der Waals surface area contributed by atoms with Crippen LogP contribution in [0.3, 0.4) is 0 Å². The molecule has 0 bridgehead atoms. The van der Waals surface area contributed by atoms with Gasteiger partial charge in [-0.15, -0.1) is 0 Å². The van der Waals surface area contributed by atoms with Crippen molar-refractivity contribution in [3.05, 3.63) is 76.7 Å². The molecule has 1 atom stereocenters. The van der Waals surface area contributed by atoms with E-state index >= 15 is 0 Å². The number of pyridine rings is 1. The lowest BCUT2D eigenvalue weighted by Gasteiger charge is -2.13. The molecule has 0 aliphatic heterocycles. The first-order valence-corrected chi connectivity index (χ1v) is 8.13. The molecule has 0 spiro atoms. The van der Waals surface area contributed by atoms with Crippen molar-refractivity contribution < 1.29 is 14.3 Å². The monoisotopic (exact) mass is 386 g/mol. The molecule has 3 rings (SSSR count). The number of carbonyl (C=O) groups excluding carboxylic acids is 1. The summed E-state index contributed by atoms with van der Waals surface area (Å²) in [7, 11) is 0. The Morgan fingerprint density at radius 1 is 1.25 bits per heavy atom. The number of aliphatic hydroxyl groups excluding tert-OH is 1. The molecular formula is C18H15BrN2O3. The largest absolute Gasteiger partial charge is 0.464 e. The van der Waals surface area contributed by atoms with Gasteiger partial charge in [0.1, 0.15) is 5.76 Å². The smallest absolute Gasteiger partial charge is 0.252 e. The number of hydrogen-bond acceptors (Lipinski definition) is 4. The van der Waals surface area contributed by atoms with Crippen LogP contribution in [0.25, 0.3) is 11.3 Å². The highest BCUT2D eigenvalue weighted by atomic mass is 79.9. The fourth-order valence-electron chi connectivity index (χ4n) is 2.26. The van der Waals surface area contributed by atoms with Crippen LogP contribution in [0.4, 0.5) is 0 Å². The molecule has 2 aromatic heterocycles. The first-order valence-electron chi connectivity index (χ1n) is 7.34. The van der Waals surface area contributed by atoms with Gasteiger partial charge in [0.2, 0.25) is 0 Å². The highest BCUT2D eigenvalue weighted by molar-refractivity contribution is 9.10. The van der Waals surface area contributed by atoms with Crippen LogP contribution in [-0.4, -0.2) is 22.5 Å². The molecule has 24 heavy (non-hydrogen) atoms. The summed E-state index contributed by atoms with van der Waals surface area (Å²) in [6.07, 6.45) is 3.90. The second-order valence-electron chi connectivity index (χ2n) is 5.22. The van der Waals surface area contributed by atoms with Gasteiger partial charge in [-0.2, -0.15) is 0 Å². The van der Waals surface area contributed by atoms with E-state index in [9.17, 15) is 9.90 Å². The minimum absolute atomic E-state index is 0.117. The molecule has 6 heteroatoms. The van der Waals surface area contributed by atoms with Crippen molar-refractivity contribution in [3.8, 4) is 11.3 Å². The summed E-state index contributed by atoms with van der Waals surface area (Å²) in [5.41, 5.74) is 2.09. The molecule has 0 aliphatic carbocycles. The number of nitrogens with zero attached hydrogens (tertiary/aromatic N) is 1. The summed E-state index contributed by atoms with van der Waals surface area (Å²) in [6, 6.07) is 12.7. The third-order valence-corrected chi connectivity index (χ3v) is 3.96. The van der Waals surface area contributed by atoms with E-state index in [0.29, 0.717) is 5.56 Å². The van der Waals surface area contributed by atoms with E-state index in [1.165, 1.54) is 6.20 Å². The Hall–Kier alpha value is -2.44. The van der Waals surface area contributed by atoms with Gasteiger partial charge in [-0.25, -0.2) is 0 Å². The molecule has 0 saturated carbocycles. The first-order chi connectivity index (χ1) is 11.6. The third kappa shape index (κ3) is 3.90. The molecule has 0 radical (unpaired) electrons. The standard InChI is InChI=1S/C18H15BrN2O3/c19-15-8-14(9-20-10-15)18(23)21-11-16(22)12-3-5-13(6-4-12)17-2-1-7-24-17/h1-10,16,22H,11H2,(H,21,23). The Labute approximate surface area is 147 Å². The van der Waals surface area contributed by atoms with Gasteiger partial charge in [0.15, 0.2) is 0 Å². The topological polar surface area (TPSA) is 75.4 Å². The minimum Gasteiger partial charge on any atom is -0.464 e. The van der Waals surface area contributed by atoms with Gasteiger partial charge >= 0.3 is 0 Å². The molecule has 3 aromatic rings. The fourth-order valence-corrected chi connectivity index (χ4v) is 2.62. The van der Waals surface area contributed by atoms with Crippen molar-refractivity contribution in [2.75, 3.05) is 6.54 Å². The van der Waals surface area contributed by atoms with Gasteiger partial charge in [0.25, 0.3) is 5.91 Å². The summed E-state index contributed by atoms with van der Waals surface area (Å²) in [5.74, 6) is 0.488. The number of hydrogen-bond donors (Lipinski definition) is 2. The molecule has 0 aliphatic rings. The van der Waals surface area contributed by atoms with E-state index in [2.05, 4.69) is 26.2 Å². The predicted octanol–water partition coefficient (Wildman–Crippen LogP) is 3.57. The number of rotatable bonds is 5. The maximum Gasteiger partial charge on any atom is 0.252 e. The molecule has 0 saturated heterocycles. The highest BCUT2D eigenvalue weighted by Gasteiger charge is 2.12. The number of aromatic nitrogens is 1. The molecule has 1 aromatic carbocycles. The van der Waals surface area contributed by atoms with Crippen LogP contribution < -0.4 is 5.32 Å². The Kier molecular flexibility index (Phi) is 5.08. The minimum atomic E-state index is -0.792. The quantitative estimate of drug-likeness (QED) is 0.702. The zero-order valence-electron chi connectivity index (χ0n) is 12.6. The molecule has 0 fully saturated rings. The first kappa shape index (κ1) is 16.4. The van der Waals surface area contributed by atoms with Gasteiger partial charge in [0, 0.05) is 29.0 Å². The lowest BCUT2D eigenvalue weighted by Crippen LogP contribution is -2.28. The Morgan fingerprint density at radius 2 is 2.04 bits per heavy atom. The van der Waals surface area contributed by atoms with Crippen molar-refractivity contribution in [1.82, 2.24) is 10.3 Å². The zero-order chi connectivity index (χ0) is 16.9. The molecule has 5 nitrogen and oxygen atoms in total. The predicted molar refractivity (Wildman–Crippen MR) is 93.4 cm³/mol. The SMILES string of the molecule is O=C(NCC(O)c1ccc(-c2ccco2)cc1)c1cncc(Br)c1. The Balaban J connectivity index is 1.60. The summed E-state index contributed by atoms with van der Waals surface area (Å²) in [6.45, 7) is 0.117. The van der Waals surface area contributed by atoms with E-state index in [4.69, 9.17) is 4.42 Å². The normalized spacial score (nSPS) is 11.9. The second kappa shape index (κ2) is 7.42. The molecule has 122 valence electrons. The van der Waals surface area contributed by atoms with Crippen LogP contribution in [0.15, 0.2) is 70.0 Å². The van der Waals surface area contributed by atoms with Gasteiger partial charge in [0.05, 0.1) is 17.9 Å². The third-order valence-electron chi connectivity index (χ3n) is 3.52. The van der Waals surface area contributed by atoms with Crippen molar-refractivity contribution >= 4 is 21.8 Å². The van der Waals surface area contributed by atoms with Crippen LogP contribution in [0.1, 0.15) is 22.0 Å². The molecule has 2 N–H and O–H groups in total. The van der Waals surface area contributed by atoms with E-state index in [1.54, 1.807) is 18.5 Å². The van der Waals surface area contributed by atoms with Gasteiger partial charge < -0.3 is 14.8 Å². The summed E-state index contributed by atoms with van der Waals surface area (Å²) in [5, 5.41) is 12.9. The number of aliphatic hydroxyl groups is 1. The molecule has 1 unspecified atom stereocenters. The van der Waals surface area contributed by atoms with Gasteiger partial charge in [-0.05, 0) is 39.7 Å². The number of benzene rings is 1. The Morgan fingerprint density at radius 3 is 2.71 bits per heavy atom. The highest BCUT2D eigenvalue weighted by Crippen LogP contribution is 2.22. The van der Waals surface area contributed by atoms with Crippen LogP contribution in [0.2, 0.25) is 0 Å². The average Bonchev–Trinajstić information content (AvgIpc) is 3.14. The van der Waals surface area contributed by atoms with Crippen LogP contribution in [0, 0.1) is 0 Å². The van der Waals surface area contributed by atoms with Crippen LogP contribution in [-0.2, 0) is 0 Å². The van der Waals surface area contributed by atoms with Crippen molar-refractivity contribution in [3.63, 3.8) is 0 Å². The average molecular weight is 387 g/mol. The summed E-state index contributed by atoms with van der Waals surface area (Å²) < 4.78 is 6.05. The summed E-state index contributed by atoms with van der Waals surface area (Å²) >= 11 is 3.27. The van der Waals surface area contributed by atoms with Crippen LogP contribution in [0.5, 0.6) is 0 Å². The maximum atomic E-state index is 12.0. The number of amides is 1. The second-order valence-corrected chi connectivity index (χ2v) is 6.13. The molecular weight excluding hydrogens is 372 g/mol. The van der Waals surface area contributed by atoms with E-state index in [0.717, 1.165) is 21.4 Å². The van der Waals surface area contributed by atoms with E-state index < -0.39 is 6.10 Å². The molecule has 2 heterocycles. The molecule has 1 amide bonds. The van der Waals surface area contributed by atoms with E-state index in [-0.39, 0.29) is 12.5 Å². The number of nitrogens with one attached hydrogen (secondary N) is 1. The van der Waals surface area contributed by atoms with E-state index in [1.807, 2.05) is 36.4 Å². The summed E-state index contributed by atoms with van der Waals surface area (Å²) in [4.78, 5) is 16.0. The number of carbonyl (C=O) groups is 1. The number of halogens is 1. The van der Waals surface area contributed by atoms with Gasteiger partial charge in [-0.1, -0.05) is 24.3 Å². The van der Waals surface area contributed by atoms with Crippen molar-refractivity contribution in [1.29, 1.82) is 0 Å². The Bertz CT molecular complexity index is 817. The van der Waals surface area contributed by atoms with Crippen molar-refractivity contribution in [2.24, 2.45) is 0 Å².